The third kappa shape index (κ3) is 6.09. The Morgan fingerprint density at radius 3 is 2.15 bits per heavy atom. The SMILES string of the molecule is CCCOc1ccc(C2CCC([C@H]3CC[C@H](CC/C=C/F)CC3)CC2)cc1. The van der Waals surface area contributed by atoms with E-state index >= 15 is 0 Å². The largest absolute Gasteiger partial charge is 0.494 e. The minimum atomic E-state index is 0.704. The van der Waals surface area contributed by atoms with Crippen LogP contribution in [-0.4, -0.2) is 6.61 Å². The van der Waals surface area contributed by atoms with Gasteiger partial charge in [-0.1, -0.05) is 38.0 Å². The number of halogens is 1. The summed E-state index contributed by atoms with van der Waals surface area (Å²) in [6.45, 7) is 2.95. The zero-order valence-electron chi connectivity index (χ0n) is 17.0. The molecule has 2 saturated carbocycles. The molecule has 0 spiro atoms. The molecule has 1 aromatic carbocycles. The zero-order valence-corrected chi connectivity index (χ0v) is 17.0. The summed E-state index contributed by atoms with van der Waals surface area (Å²) in [5.74, 6) is 4.48. The second kappa shape index (κ2) is 10.9. The third-order valence-corrected chi connectivity index (χ3v) is 6.98. The first-order chi connectivity index (χ1) is 13.3. The Kier molecular flexibility index (Phi) is 8.23. The van der Waals surface area contributed by atoms with Gasteiger partial charge in [0.2, 0.25) is 0 Å². The Labute approximate surface area is 165 Å². The Morgan fingerprint density at radius 2 is 1.56 bits per heavy atom. The van der Waals surface area contributed by atoms with E-state index in [1.807, 2.05) is 0 Å². The van der Waals surface area contributed by atoms with Gasteiger partial charge in [-0.15, -0.1) is 0 Å². The Hall–Kier alpha value is -1.31. The van der Waals surface area contributed by atoms with Crippen molar-refractivity contribution >= 4 is 0 Å². The number of ether oxygens (including phenoxy) is 1. The van der Waals surface area contributed by atoms with Crippen LogP contribution >= 0.6 is 0 Å². The van der Waals surface area contributed by atoms with Crippen molar-refractivity contribution in [3.8, 4) is 5.75 Å². The van der Waals surface area contributed by atoms with Gasteiger partial charge in [0.25, 0.3) is 0 Å². The van der Waals surface area contributed by atoms with Gasteiger partial charge < -0.3 is 4.74 Å². The normalized spacial score (nSPS) is 29.1. The van der Waals surface area contributed by atoms with Crippen LogP contribution in [0.3, 0.4) is 0 Å². The molecule has 0 saturated heterocycles. The summed E-state index contributed by atoms with van der Waals surface area (Å²) in [6, 6.07) is 8.87. The van der Waals surface area contributed by atoms with Crippen LogP contribution in [0.25, 0.3) is 0 Å². The van der Waals surface area contributed by atoms with Crippen molar-refractivity contribution in [3.63, 3.8) is 0 Å². The lowest BCUT2D eigenvalue weighted by molar-refractivity contribution is 0.157. The molecule has 0 radical (unpaired) electrons. The molecule has 1 aromatic rings. The zero-order chi connectivity index (χ0) is 18.9. The maximum atomic E-state index is 12.1. The number of hydrogen-bond donors (Lipinski definition) is 0. The quantitative estimate of drug-likeness (QED) is 0.452. The second-order valence-electron chi connectivity index (χ2n) is 8.75. The Morgan fingerprint density at radius 1 is 0.926 bits per heavy atom. The molecule has 0 N–H and O–H groups in total. The van der Waals surface area contributed by atoms with E-state index in [-0.39, 0.29) is 0 Å². The van der Waals surface area contributed by atoms with Crippen molar-refractivity contribution < 1.29 is 9.13 Å². The molecule has 1 nitrogen and oxygen atoms in total. The van der Waals surface area contributed by atoms with Crippen LogP contribution in [0, 0.1) is 17.8 Å². The van der Waals surface area contributed by atoms with Gasteiger partial charge in [0.15, 0.2) is 0 Å². The molecular formula is C25H37FO. The molecule has 150 valence electrons. The van der Waals surface area contributed by atoms with E-state index in [1.165, 1.54) is 63.4 Å². The molecule has 3 rings (SSSR count). The second-order valence-corrected chi connectivity index (χ2v) is 8.75. The molecule has 27 heavy (non-hydrogen) atoms. The molecule has 2 aliphatic carbocycles. The summed E-state index contributed by atoms with van der Waals surface area (Å²) in [5.41, 5.74) is 1.50. The fraction of sp³-hybridized carbons (Fsp3) is 0.680. The summed E-state index contributed by atoms with van der Waals surface area (Å²) in [5, 5.41) is 0. The maximum absolute atomic E-state index is 12.1. The topological polar surface area (TPSA) is 9.23 Å². The molecule has 0 aromatic heterocycles. The highest BCUT2D eigenvalue weighted by Crippen LogP contribution is 2.44. The van der Waals surface area contributed by atoms with Gasteiger partial charge in [0, 0.05) is 0 Å². The highest BCUT2D eigenvalue weighted by Gasteiger charge is 2.31. The molecule has 2 fully saturated rings. The van der Waals surface area contributed by atoms with Crippen LogP contribution in [0.15, 0.2) is 36.7 Å². The number of rotatable bonds is 8. The van der Waals surface area contributed by atoms with E-state index in [2.05, 4.69) is 31.2 Å². The Bertz CT molecular complexity index is 548. The lowest BCUT2D eigenvalue weighted by Gasteiger charge is -2.38. The predicted molar refractivity (Wildman–Crippen MR) is 112 cm³/mol. The molecule has 0 atom stereocenters. The molecule has 0 aliphatic heterocycles. The van der Waals surface area contributed by atoms with Gasteiger partial charge in [-0.05, 0) is 99.2 Å². The average molecular weight is 373 g/mol. The Balaban J connectivity index is 1.40. The van der Waals surface area contributed by atoms with Crippen molar-refractivity contribution in [2.75, 3.05) is 6.61 Å². The summed E-state index contributed by atoms with van der Waals surface area (Å²) in [7, 11) is 0. The van der Waals surface area contributed by atoms with Crippen molar-refractivity contribution in [1.29, 1.82) is 0 Å². The summed E-state index contributed by atoms with van der Waals surface area (Å²) >= 11 is 0. The smallest absolute Gasteiger partial charge is 0.119 e. The maximum Gasteiger partial charge on any atom is 0.119 e. The van der Waals surface area contributed by atoms with E-state index in [0.717, 1.165) is 48.9 Å². The van der Waals surface area contributed by atoms with E-state index < -0.39 is 0 Å². The van der Waals surface area contributed by atoms with Crippen molar-refractivity contribution in [2.24, 2.45) is 17.8 Å². The van der Waals surface area contributed by atoms with E-state index in [1.54, 1.807) is 6.08 Å². The van der Waals surface area contributed by atoms with Crippen LogP contribution < -0.4 is 4.74 Å². The summed E-state index contributed by atoms with van der Waals surface area (Å²) < 4.78 is 17.8. The average Bonchev–Trinajstić information content (AvgIpc) is 2.73. The van der Waals surface area contributed by atoms with E-state index in [4.69, 9.17) is 4.74 Å². The fourth-order valence-corrected chi connectivity index (χ4v) is 5.32. The van der Waals surface area contributed by atoms with Gasteiger partial charge in [-0.2, -0.15) is 0 Å². The number of benzene rings is 1. The predicted octanol–water partition coefficient (Wildman–Crippen LogP) is 7.82. The van der Waals surface area contributed by atoms with E-state index in [9.17, 15) is 4.39 Å². The molecule has 0 amide bonds. The molecule has 0 bridgehead atoms. The van der Waals surface area contributed by atoms with Gasteiger partial charge in [0.05, 0.1) is 12.9 Å². The minimum Gasteiger partial charge on any atom is -0.494 e. The summed E-state index contributed by atoms with van der Waals surface area (Å²) in [4.78, 5) is 0. The fourth-order valence-electron chi connectivity index (χ4n) is 5.32. The van der Waals surface area contributed by atoms with Crippen LogP contribution in [-0.2, 0) is 0 Å². The van der Waals surface area contributed by atoms with Crippen molar-refractivity contribution in [3.05, 3.63) is 42.2 Å². The highest BCUT2D eigenvalue weighted by molar-refractivity contribution is 5.29. The van der Waals surface area contributed by atoms with E-state index in [0.29, 0.717) is 6.33 Å². The first kappa shape index (κ1) is 20.4. The van der Waals surface area contributed by atoms with Crippen LogP contribution in [0.4, 0.5) is 4.39 Å². The molecule has 0 heterocycles. The monoisotopic (exact) mass is 372 g/mol. The first-order valence-corrected chi connectivity index (χ1v) is 11.3. The molecule has 2 aliphatic rings. The minimum absolute atomic E-state index is 0.704. The lowest BCUT2D eigenvalue weighted by atomic mass is 9.68. The van der Waals surface area contributed by atoms with Crippen molar-refractivity contribution in [2.45, 2.75) is 83.5 Å². The van der Waals surface area contributed by atoms with Crippen molar-refractivity contribution in [1.82, 2.24) is 0 Å². The van der Waals surface area contributed by atoms with Gasteiger partial charge >= 0.3 is 0 Å². The molecular weight excluding hydrogens is 335 g/mol. The first-order valence-electron chi connectivity index (χ1n) is 11.3. The van der Waals surface area contributed by atoms with Gasteiger partial charge in [-0.3, -0.25) is 0 Å². The molecule has 2 heteroatoms. The van der Waals surface area contributed by atoms with Crippen LogP contribution in [0.2, 0.25) is 0 Å². The number of hydrogen-bond acceptors (Lipinski definition) is 1. The third-order valence-electron chi connectivity index (χ3n) is 6.98. The lowest BCUT2D eigenvalue weighted by Crippen LogP contribution is -2.25. The standard InChI is InChI=1S/C25H37FO/c1-2-19-27-25-16-14-24(15-17-25)23-12-10-22(11-13-23)21-8-6-20(7-9-21)5-3-4-18-26/h4,14-18,20-23H,2-3,5-13,19H2,1H3/b18-4+/t20-,21-,22?,23?. The van der Waals surface area contributed by atoms with Crippen LogP contribution in [0.1, 0.15) is 89.0 Å². The van der Waals surface area contributed by atoms with Gasteiger partial charge in [0.1, 0.15) is 5.75 Å². The molecule has 0 unspecified atom stereocenters. The van der Waals surface area contributed by atoms with Crippen LogP contribution in [0.5, 0.6) is 5.75 Å². The highest BCUT2D eigenvalue weighted by atomic mass is 19.1. The summed E-state index contributed by atoms with van der Waals surface area (Å²) in [6.07, 6.45) is 16.6. The van der Waals surface area contributed by atoms with Gasteiger partial charge in [-0.25, -0.2) is 4.39 Å². The number of allylic oxidation sites excluding steroid dienone is 1.